The molecule has 5 heterocycles. The smallest absolute Gasteiger partial charge is 0.311 e. The number of aliphatic hydroxyl groups is 3. The maximum absolute atomic E-state index is 12.1. The molecule has 0 aliphatic carbocycles. The summed E-state index contributed by atoms with van der Waals surface area (Å²) < 4.78 is 41.2. The maximum Gasteiger partial charge on any atom is 0.311 e. The minimum Gasteiger partial charge on any atom is -0.550 e. The van der Waals surface area contributed by atoms with Crippen molar-refractivity contribution in [2.24, 2.45) is 10.7 Å². The lowest BCUT2D eigenvalue weighted by molar-refractivity contribution is -0.848. The predicted molar refractivity (Wildman–Crippen MR) is 168 cm³/mol. The lowest BCUT2D eigenvalue weighted by Crippen LogP contribution is -3.05. The Bertz CT molecular complexity index is 1780. The summed E-state index contributed by atoms with van der Waals surface area (Å²) in [5.41, 5.74) is 10.3. The van der Waals surface area contributed by atoms with Crippen LogP contribution in [0, 0.1) is 0 Å². The number of rotatable bonds is 11. The second-order valence-electron chi connectivity index (χ2n) is 12.5. The molecule has 7 rings (SSSR count). The van der Waals surface area contributed by atoms with Crippen LogP contribution >= 0.6 is 0 Å². The van der Waals surface area contributed by atoms with Crippen LogP contribution in [0.4, 0.5) is 0 Å². The van der Waals surface area contributed by atoms with Crippen molar-refractivity contribution in [3.8, 4) is 28.7 Å². The molecule has 9 atom stereocenters. The van der Waals surface area contributed by atoms with Crippen LogP contribution in [0.2, 0.25) is 0 Å². The first-order valence-electron chi connectivity index (χ1n) is 16.1. The van der Waals surface area contributed by atoms with Gasteiger partial charge < -0.3 is 64.1 Å². The molecule has 266 valence electrons. The van der Waals surface area contributed by atoms with E-state index in [2.05, 4.69) is 11.2 Å². The lowest BCUT2D eigenvalue weighted by Gasteiger charge is -2.42. The topological polar surface area (TPSA) is 225 Å². The van der Waals surface area contributed by atoms with Gasteiger partial charge in [-0.1, -0.05) is 6.07 Å². The molecule has 1 fully saturated rings. The Labute approximate surface area is 285 Å². The van der Waals surface area contributed by atoms with Gasteiger partial charge in [-0.2, -0.15) is 0 Å². The molecule has 0 spiro atoms. The molecule has 50 heavy (non-hydrogen) atoms. The molecule has 5 aliphatic heterocycles. The predicted octanol–water partition coefficient (Wildman–Crippen LogP) is -2.24. The quantitative estimate of drug-likeness (QED) is 0.124. The number of hydrogen-bond acceptors (Lipinski definition) is 15. The number of carboxylic acid groups (broad SMARTS) is 1. The number of methoxy groups -OCH3 is 2. The number of fused-ring (bicyclic) bond motifs is 6. The van der Waals surface area contributed by atoms with Crippen LogP contribution < -0.4 is 39.4 Å². The fraction of sp³-hybridized carbons (Fsp3) is 0.441. The monoisotopic (exact) mass is 695 g/mol. The minimum absolute atomic E-state index is 0.157. The molecule has 0 radical (unpaired) electrons. The molecule has 0 bridgehead atoms. The molecule has 5 aliphatic rings. The van der Waals surface area contributed by atoms with Crippen molar-refractivity contribution < 1.29 is 68.1 Å². The third-order valence-electron chi connectivity index (χ3n) is 9.46. The van der Waals surface area contributed by atoms with Gasteiger partial charge in [0, 0.05) is 35.5 Å². The van der Waals surface area contributed by atoms with E-state index >= 15 is 0 Å². The van der Waals surface area contributed by atoms with E-state index in [0.717, 1.165) is 32.9 Å². The van der Waals surface area contributed by atoms with E-state index < -0.39 is 67.8 Å². The van der Waals surface area contributed by atoms with Gasteiger partial charge in [0.25, 0.3) is 0 Å². The van der Waals surface area contributed by atoms with Gasteiger partial charge in [0.2, 0.25) is 12.0 Å². The summed E-state index contributed by atoms with van der Waals surface area (Å²) >= 11 is 0. The number of carboxylic acids is 1. The number of nitrogens with zero attached hydrogens (tertiary/aromatic N) is 1. The van der Waals surface area contributed by atoms with E-state index in [1.807, 2.05) is 18.2 Å². The van der Waals surface area contributed by atoms with Crippen LogP contribution in [-0.4, -0.2) is 104 Å². The zero-order chi connectivity index (χ0) is 35.3. The van der Waals surface area contributed by atoms with E-state index in [-0.39, 0.29) is 18.3 Å². The Morgan fingerprint density at radius 2 is 1.96 bits per heavy atom. The summed E-state index contributed by atoms with van der Waals surface area (Å²) in [6.45, 7) is 1.00. The molecular weight excluding hydrogens is 658 g/mol. The van der Waals surface area contributed by atoms with Crippen molar-refractivity contribution in [3.63, 3.8) is 0 Å². The van der Waals surface area contributed by atoms with Crippen molar-refractivity contribution in [3.05, 3.63) is 65.0 Å². The second kappa shape index (κ2) is 13.5. The molecule has 16 nitrogen and oxygen atoms in total. The van der Waals surface area contributed by atoms with Crippen LogP contribution in [0.3, 0.4) is 0 Å². The highest BCUT2D eigenvalue weighted by atomic mass is 16.7. The average molecular weight is 696 g/mol. The first-order valence-corrected chi connectivity index (χ1v) is 16.1. The van der Waals surface area contributed by atoms with Crippen LogP contribution in [0.1, 0.15) is 35.1 Å². The Morgan fingerprint density at radius 1 is 1.14 bits per heavy atom. The number of nitrogens with one attached hydrogen (secondary N) is 1. The van der Waals surface area contributed by atoms with E-state index in [4.69, 9.17) is 38.9 Å². The average Bonchev–Trinajstić information content (AvgIpc) is 3.80. The SMILES string of the molecule is COc1ccc2c(c1OC)O[C@@H]1c3c(C[NH+]4C=C5C=CN=C5C4)cc(O[C@H]4O[C@H]([C@H](CN)OC(=O)CC(=O)[O-])[C@@H](O)[C@H](O)[C@H]4O)cc3OC[C@@H]21. The molecule has 1 saturated heterocycles. The summed E-state index contributed by atoms with van der Waals surface area (Å²) in [6.07, 6.45) is -5.41. The lowest BCUT2D eigenvalue weighted by atomic mass is 9.86. The van der Waals surface area contributed by atoms with Gasteiger partial charge in [0.05, 0.1) is 44.7 Å². The van der Waals surface area contributed by atoms with E-state index in [1.54, 1.807) is 32.6 Å². The number of quaternary nitrogens is 1. The largest absolute Gasteiger partial charge is 0.550 e. The molecular formula is C34H37N3O13. The van der Waals surface area contributed by atoms with Gasteiger partial charge in [-0.05, 0) is 18.2 Å². The molecule has 0 saturated carbocycles. The minimum atomic E-state index is -1.80. The summed E-state index contributed by atoms with van der Waals surface area (Å²) in [7, 11) is 3.11. The van der Waals surface area contributed by atoms with Crippen molar-refractivity contribution >= 4 is 17.7 Å². The summed E-state index contributed by atoms with van der Waals surface area (Å²) in [5.74, 6) is -0.743. The van der Waals surface area contributed by atoms with Gasteiger partial charge in [-0.15, -0.1) is 0 Å². The van der Waals surface area contributed by atoms with Gasteiger partial charge >= 0.3 is 5.97 Å². The van der Waals surface area contributed by atoms with Crippen molar-refractivity contribution in [2.75, 3.05) is 33.9 Å². The Kier molecular flexibility index (Phi) is 9.15. The standard InChI is InChI=1S/C34H37N3O13/c1-44-21-4-3-18-19-14-46-22-8-17(47-34-29(43)27(41)28(42)32(50-34)23(10-35)48-25(40)9-24(38)39)7-16(12-37-11-15-5-6-36-20(15)13-37)26(22)30(19)49-31(18)33(21)45-2/h3-8,11,19,23,27-30,32,34,41-43H,9-10,12-14,35H2,1-2H3,(H,38,39)/t19-,23-,27-,28-,29+,30-,32+,34-/m0/s1. The highest BCUT2D eigenvalue weighted by Gasteiger charge is 2.49. The molecule has 2 aromatic rings. The first-order chi connectivity index (χ1) is 24.1. The summed E-state index contributed by atoms with van der Waals surface area (Å²) in [6, 6.07) is 7.17. The van der Waals surface area contributed by atoms with E-state index in [9.17, 15) is 30.0 Å². The maximum atomic E-state index is 12.1. The third-order valence-corrected chi connectivity index (χ3v) is 9.46. The fourth-order valence-corrected chi connectivity index (χ4v) is 7.12. The number of carbonyl (C=O) groups is 2. The first kappa shape index (κ1) is 33.8. The number of hydrogen-bond donors (Lipinski definition) is 5. The van der Waals surface area contributed by atoms with E-state index in [0.29, 0.717) is 36.1 Å². The number of esters is 1. The van der Waals surface area contributed by atoms with Gasteiger partial charge in [-0.3, -0.25) is 14.7 Å². The molecule has 6 N–H and O–H groups in total. The number of allylic oxidation sites excluding steroid dienone is 1. The van der Waals surface area contributed by atoms with Crippen molar-refractivity contribution in [1.29, 1.82) is 0 Å². The normalized spacial score (nSPS) is 29.2. The van der Waals surface area contributed by atoms with Crippen LogP contribution in [0.15, 0.2) is 53.3 Å². The Hall–Kier alpha value is -4.71. The Morgan fingerprint density at radius 3 is 2.68 bits per heavy atom. The number of aliphatic imine (C=N–C) groups is 1. The molecule has 1 unspecified atom stereocenters. The molecule has 0 aromatic heterocycles. The molecule has 0 amide bonds. The number of aliphatic hydroxyl groups excluding tert-OH is 3. The number of aliphatic carboxylic acids is 1. The fourth-order valence-electron chi connectivity index (χ4n) is 7.12. The summed E-state index contributed by atoms with van der Waals surface area (Å²) in [4.78, 5) is 28.5. The van der Waals surface area contributed by atoms with Gasteiger partial charge in [0.15, 0.2) is 11.5 Å². The van der Waals surface area contributed by atoms with Crippen LogP contribution in [0.5, 0.6) is 28.7 Å². The zero-order valence-electron chi connectivity index (χ0n) is 27.1. The third kappa shape index (κ3) is 6.03. The highest BCUT2D eigenvalue weighted by molar-refractivity contribution is 6.06. The number of benzene rings is 2. The van der Waals surface area contributed by atoms with Crippen LogP contribution in [0.25, 0.3) is 0 Å². The van der Waals surface area contributed by atoms with Crippen molar-refractivity contribution in [1.82, 2.24) is 0 Å². The molecule has 16 heteroatoms. The highest BCUT2D eigenvalue weighted by Crippen LogP contribution is 2.57. The second-order valence-corrected chi connectivity index (χ2v) is 12.5. The van der Waals surface area contributed by atoms with Gasteiger partial charge in [-0.25, -0.2) is 0 Å². The Balaban J connectivity index is 1.20. The van der Waals surface area contributed by atoms with E-state index in [1.165, 1.54) is 0 Å². The van der Waals surface area contributed by atoms with Crippen molar-refractivity contribution in [2.45, 2.75) is 61.8 Å². The number of ether oxygens (including phenoxy) is 7. The summed E-state index contributed by atoms with van der Waals surface area (Å²) in [5, 5.41) is 43.2. The van der Waals surface area contributed by atoms with Gasteiger partial charge in [0.1, 0.15) is 73.1 Å². The zero-order valence-corrected chi connectivity index (χ0v) is 27.1. The number of nitrogens with two attached hydrogens (primary N) is 1. The molecule has 2 aromatic carbocycles. The number of carbonyl (C=O) groups excluding carboxylic acids is 2. The van der Waals surface area contributed by atoms with Crippen LogP contribution in [-0.2, 0) is 25.6 Å².